The van der Waals surface area contributed by atoms with E-state index in [4.69, 9.17) is 0 Å². The summed E-state index contributed by atoms with van der Waals surface area (Å²) < 4.78 is 0. The quantitative estimate of drug-likeness (QED) is 0.326. The lowest BCUT2D eigenvalue weighted by Gasteiger charge is -2.21. The van der Waals surface area contributed by atoms with E-state index in [0.717, 1.165) is 55.6 Å². The Morgan fingerprint density at radius 2 is 0.824 bits per heavy atom. The summed E-state index contributed by atoms with van der Waals surface area (Å²) in [7, 11) is 0. The lowest BCUT2D eigenvalue weighted by molar-refractivity contribution is 0.462. The largest absolute Gasteiger partial charge is 0.507 e. The highest BCUT2D eigenvalue weighted by molar-refractivity contribution is 5.84. The van der Waals surface area contributed by atoms with Gasteiger partial charge >= 0.3 is 0 Å². The molecule has 0 aliphatic rings. The van der Waals surface area contributed by atoms with E-state index in [1.165, 1.54) is 11.1 Å². The molecule has 0 radical (unpaired) electrons. The normalized spacial score (nSPS) is 11.1. The fraction of sp³-hybridized carbons (Fsp3) is 0.250. The minimum absolute atomic E-state index is 0.258. The minimum atomic E-state index is 0.258. The van der Waals surface area contributed by atoms with Crippen LogP contribution in [0.1, 0.15) is 55.6 Å². The van der Waals surface area contributed by atoms with Crippen molar-refractivity contribution in [1.82, 2.24) is 0 Å². The molecule has 174 valence electrons. The standard InChI is InChI=1S/C32H34O2/c1-19-7-11-25(12-8-19)17-27-15-21(3)23(5)29(31(27)33)30-24(6)22(4)16-28(32(30)34)18-26-13-9-20(2)10-14-26/h7-16,33-34H,17-18H2,1-6H3. The molecule has 2 nitrogen and oxygen atoms in total. The van der Waals surface area contributed by atoms with Gasteiger partial charge in [0.25, 0.3) is 0 Å². The van der Waals surface area contributed by atoms with Crippen molar-refractivity contribution in [2.24, 2.45) is 0 Å². The number of hydrogen-bond acceptors (Lipinski definition) is 2. The molecule has 0 heterocycles. The maximum atomic E-state index is 11.5. The van der Waals surface area contributed by atoms with Crippen molar-refractivity contribution in [1.29, 1.82) is 0 Å². The van der Waals surface area contributed by atoms with Gasteiger partial charge < -0.3 is 10.2 Å². The van der Waals surface area contributed by atoms with Crippen molar-refractivity contribution in [2.75, 3.05) is 0 Å². The SMILES string of the molecule is Cc1ccc(Cc2cc(C)c(C)c(-c3c(C)c(C)cc(Cc4ccc(C)cc4)c3O)c2O)cc1. The summed E-state index contributed by atoms with van der Waals surface area (Å²) in [5.74, 6) is 0.517. The van der Waals surface area contributed by atoms with Gasteiger partial charge in [-0.2, -0.15) is 0 Å². The second-order valence-corrected chi connectivity index (χ2v) is 9.73. The monoisotopic (exact) mass is 450 g/mol. The second kappa shape index (κ2) is 9.38. The van der Waals surface area contributed by atoms with Crippen LogP contribution in [0.3, 0.4) is 0 Å². The number of aromatic hydroxyl groups is 2. The molecule has 0 aromatic heterocycles. The molecule has 0 fully saturated rings. The predicted octanol–water partition coefficient (Wildman–Crippen LogP) is 7.80. The molecule has 2 N–H and O–H groups in total. The third kappa shape index (κ3) is 4.59. The van der Waals surface area contributed by atoms with E-state index in [1.807, 2.05) is 13.8 Å². The summed E-state index contributed by atoms with van der Waals surface area (Å²) >= 11 is 0. The molecule has 4 rings (SSSR count). The Morgan fingerprint density at radius 1 is 0.500 bits per heavy atom. The Hall–Kier alpha value is -3.52. The Labute approximate surface area is 203 Å². The Kier molecular flexibility index (Phi) is 6.52. The molecular formula is C32H34O2. The molecule has 0 amide bonds. The molecule has 0 saturated carbocycles. The number of aryl methyl sites for hydroxylation is 4. The molecule has 0 bridgehead atoms. The molecule has 0 saturated heterocycles. The zero-order chi connectivity index (χ0) is 24.6. The maximum Gasteiger partial charge on any atom is 0.127 e. The summed E-state index contributed by atoms with van der Waals surface area (Å²) in [5, 5.41) is 23.0. The first-order valence-corrected chi connectivity index (χ1v) is 11.9. The van der Waals surface area contributed by atoms with E-state index in [9.17, 15) is 10.2 Å². The highest BCUT2D eigenvalue weighted by atomic mass is 16.3. The third-order valence-corrected chi connectivity index (χ3v) is 7.08. The van der Waals surface area contributed by atoms with E-state index >= 15 is 0 Å². The van der Waals surface area contributed by atoms with E-state index < -0.39 is 0 Å². The number of rotatable bonds is 5. The van der Waals surface area contributed by atoms with Gasteiger partial charge in [0.1, 0.15) is 11.5 Å². The minimum Gasteiger partial charge on any atom is -0.507 e. The summed E-state index contributed by atoms with van der Waals surface area (Å²) in [5.41, 5.74) is 12.2. The Bertz CT molecular complexity index is 1240. The number of hydrogen-bond donors (Lipinski definition) is 2. The predicted molar refractivity (Wildman–Crippen MR) is 142 cm³/mol. The Morgan fingerprint density at radius 3 is 1.15 bits per heavy atom. The van der Waals surface area contributed by atoms with Gasteiger partial charge in [-0.05, 0) is 86.1 Å². The van der Waals surface area contributed by atoms with Crippen LogP contribution in [-0.2, 0) is 12.8 Å². The van der Waals surface area contributed by atoms with Crippen molar-refractivity contribution < 1.29 is 10.2 Å². The Balaban J connectivity index is 1.86. The van der Waals surface area contributed by atoms with Crippen molar-refractivity contribution >= 4 is 0 Å². The van der Waals surface area contributed by atoms with Gasteiger partial charge in [-0.3, -0.25) is 0 Å². The first-order chi connectivity index (χ1) is 16.2. The van der Waals surface area contributed by atoms with Crippen LogP contribution in [-0.4, -0.2) is 10.2 Å². The van der Waals surface area contributed by atoms with Crippen LogP contribution in [0.25, 0.3) is 11.1 Å². The van der Waals surface area contributed by atoms with Gasteiger partial charge in [-0.15, -0.1) is 0 Å². The molecular weight excluding hydrogens is 416 g/mol. The average molecular weight is 451 g/mol. The van der Waals surface area contributed by atoms with Crippen LogP contribution in [0.4, 0.5) is 0 Å². The van der Waals surface area contributed by atoms with Crippen LogP contribution in [0.2, 0.25) is 0 Å². The van der Waals surface area contributed by atoms with E-state index in [1.54, 1.807) is 0 Å². The maximum absolute atomic E-state index is 11.5. The molecule has 0 unspecified atom stereocenters. The summed E-state index contributed by atoms with van der Waals surface area (Å²) in [4.78, 5) is 0. The van der Waals surface area contributed by atoms with Crippen LogP contribution >= 0.6 is 0 Å². The molecule has 2 heteroatoms. The fourth-order valence-corrected chi connectivity index (χ4v) is 4.68. The van der Waals surface area contributed by atoms with Gasteiger partial charge in [0, 0.05) is 24.0 Å². The van der Waals surface area contributed by atoms with Crippen LogP contribution in [0, 0.1) is 41.5 Å². The van der Waals surface area contributed by atoms with E-state index in [0.29, 0.717) is 12.8 Å². The van der Waals surface area contributed by atoms with Crippen LogP contribution in [0.5, 0.6) is 11.5 Å². The van der Waals surface area contributed by atoms with Crippen molar-refractivity contribution in [3.63, 3.8) is 0 Å². The topological polar surface area (TPSA) is 40.5 Å². The lowest BCUT2D eigenvalue weighted by atomic mass is 9.85. The first-order valence-electron chi connectivity index (χ1n) is 11.9. The van der Waals surface area contributed by atoms with Crippen molar-refractivity contribution in [2.45, 2.75) is 54.4 Å². The molecule has 0 aliphatic heterocycles. The van der Waals surface area contributed by atoms with E-state index in [-0.39, 0.29) is 11.5 Å². The van der Waals surface area contributed by atoms with Crippen molar-refractivity contribution in [3.05, 3.63) is 116 Å². The average Bonchev–Trinajstić information content (AvgIpc) is 2.81. The van der Waals surface area contributed by atoms with Crippen LogP contribution < -0.4 is 0 Å². The summed E-state index contributed by atoms with van der Waals surface area (Å²) in [6.45, 7) is 12.4. The first kappa shape index (κ1) is 23.6. The van der Waals surface area contributed by atoms with Crippen LogP contribution in [0.15, 0.2) is 60.7 Å². The van der Waals surface area contributed by atoms with Gasteiger partial charge in [-0.1, -0.05) is 71.8 Å². The zero-order valence-corrected chi connectivity index (χ0v) is 21.1. The fourth-order valence-electron chi connectivity index (χ4n) is 4.68. The molecule has 4 aromatic carbocycles. The van der Waals surface area contributed by atoms with Gasteiger partial charge in [0.15, 0.2) is 0 Å². The molecule has 0 spiro atoms. The molecule has 34 heavy (non-hydrogen) atoms. The molecule has 0 atom stereocenters. The third-order valence-electron chi connectivity index (χ3n) is 7.08. The van der Waals surface area contributed by atoms with Gasteiger partial charge in [0.2, 0.25) is 0 Å². The van der Waals surface area contributed by atoms with Gasteiger partial charge in [-0.25, -0.2) is 0 Å². The molecule has 0 aliphatic carbocycles. The number of phenolic OH excluding ortho intramolecular Hbond substituents is 2. The number of phenols is 2. The lowest BCUT2D eigenvalue weighted by Crippen LogP contribution is -2.01. The molecule has 4 aromatic rings. The van der Waals surface area contributed by atoms with Gasteiger partial charge in [0.05, 0.1) is 0 Å². The highest BCUT2D eigenvalue weighted by Crippen LogP contribution is 2.46. The second-order valence-electron chi connectivity index (χ2n) is 9.73. The van der Waals surface area contributed by atoms with Crippen molar-refractivity contribution in [3.8, 4) is 22.6 Å². The number of benzene rings is 4. The smallest absolute Gasteiger partial charge is 0.127 e. The van der Waals surface area contributed by atoms with E-state index in [2.05, 4.69) is 88.4 Å². The summed E-state index contributed by atoms with van der Waals surface area (Å²) in [6, 6.07) is 21.0. The highest BCUT2D eigenvalue weighted by Gasteiger charge is 2.22. The zero-order valence-electron chi connectivity index (χ0n) is 21.1. The summed E-state index contributed by atoms with van der Waals surface area (Å²) in [6.07, 6.45) is 1.28.